The molecule has 34 heavy (non-hydrogen) atoms. The van der Waals surface area contributed by atoms with Crippen LogP contribution in [0, 0.1) is 11.8 Å². The molecule has 1 N–H and O–H groups in total. The number of likely N-dealkylation sites (tertiary alicyclic amines) is 1. The van der Waals surface area contributed by atoms with Crippen molar-refractivity contribution in [2.45, 2.75) is 66.3 Å². The Bertz CT molecular complexity index is 795. The molecule has 3 aliphatic heterocycles. The van der Waals surface area contributed by atoms with Crippen LogP contribution in [0.3, 0.4) is 0 Å². The first-order valence-corrected chi connectivity index (χ1v) is 14.1. The van der Waals surface area contributed by atoms with Crippen LogP contribution in [0.2, 0.25) is 0 Å². The van der Waals surface area contributed by atoms with Gasteiger partial charge < -0.3 is 19.6 Å². The molecule has 7 nitrogen and oxygen atoms in total. The van der Waals surface area contributed by atoms with Gasteiger partial charge in [0.15, 0.2) is 0 Å². The third kappa shape index (κ3) is 4.98. The van der Waals surface area contributed by atoms with Crippen molar-refractivity contribution in [3.63, 3.8) is 0 Å². The smallest absolute Gasteiger partial charge is 0.310 e. The van der Waals surface area contributed by atoms with E-state index in [1.54, 1.807) is 33.7 Å². The van der Waals surface area contributed by atoms with Gasteiger partial charge >= 0.3 is 5.97 Å². The Morgan fingerprint density at radius 2 is 2.09 bits per heavy atom. The van der Waals surface area contributed by atoms with Gasteiger partial charge in [-0.15, -0.1) is 24.9 Å². The first kappa shape index (κ1) is 27.3. The van der Waals surface area contributed by atoms with Crippen molar-refractivity contribution < 1.29 is 24.2 Å². The van der Waals surface area contributed by atoms with Crippen molar-refractivity contribution in [2.24, 2.45) is 11.8 Å². The van der Waals surface area contributed by atoms with E-state index in [0.717, 1.165) is 19.3 Å². The summed E-state index contributed by atoms with van der Waals surface area (Å²) < 4.78 is 4.91. The highest BCUT2D eigenvalue weighted by Gasteiger charge is 2.76. The Morgan fingerprint density at radius 3 is 2.74 bits per heavy atom. The lowest BCUT2D eigenvalue weighted by Crippen LogP contribution is -2.55. The summed E-state index contributed by atoms with van der Waals surface area (Å²) in [6.45, 7) is 11.1. The summed E-state index contributed by atoms with van der Waals surface area (Å²) in [6, 6.07) is -0.665. The third-order valence-corrected chi connectivity index (χ3v) is 10.3. The van der Waals surface area contributed by atoms with Gasteiger partial charge in [0.25, 0.3) is 0 Å². The highest BCUT2D eigenvalue weighted by molar-refractivity contribution is 9.09. The molecular weight excluding hydrogens is 520 g/mol. The number of thioether (sulfide) groups is 1. The number of unbranched alkanes of at least 4 members (excludes halogenated alkanes) is 2. The molecule has 0 radical (unpaired) electrons. The molecule has 3 unspecified atom stereocenters. The van der Waals surface area contributed by atoms with Crippen LogP contribution in [0.1, 0.15) is 45.4 Å². The van der Waals surface area contributed by atoms with E-state index in [4.69, 9.17) is 4.74 Å². The molecule has 0 aromatic heterocycles. The number of fused-ring (bicyclic) bond motifs is 1. The minimum Gasteiger partial charge on any atom is -0.465 e. The van der Waals surface area contributed by atoms with Crippen LogP contribution in [0.4, 0.5) is 0 Å². The second kappa shape index (κ2) is 12.1. The monoisotopic (exact) mass is 556 g/mol. The number of aliphatic hydroxyl groups is 1. The predicted molar refractivity (Wildman–Crippen MR) is 138 cm³/mol. The van der Waals surface area contributed by atoms with Crippen LogP contribution in [-0.4, -0.2) is 86.4 Å². The minimum atomic E-state index is -0.682. The first-order chi connectivity index (χ1) is 16.4. The number of halogens is 1. The maximum atomic E-state index is 14.0. The normalized spacial score (nSPS) is 31.4. The molecule has 0 aliphatic carbocycles. The van der Waals surface area contributed by atoms with Gasteiger partial charge in [-0.25, -0.2) is 0 Å². The summed E-state index contributed by atoms with van der Waals surface area (Å²) in [5, 5.41) is 9.35. The Kier molecular flexibility index (Phi) is 9.69. The summed E-state index contributed by atoms with van der Waals surface area (Å²) in [7, 11) is 0. The van der Waals surface area contributed by atoms with Gasteiger partial charge in [0.1, 0.15) is 6.04 Å². The van der Waals surface area contributed by atoms with Crippen LogP contribution in [0.5, 0.6) is 0 Å². The van der Waals surface area contributed by atoms with Crippen LogP contribution < -0.4 is 0 Å². The van der Waals surface area contributed by atoms with Gasteiger partial charge in [0.2, 0.25) is 11.8 Å². The molecule has 1 spiro atoms. The Hall–Kier alpha value is -1.32. The molecule has 3 saturated heterocycles. The fourth-order valence-corrected chi connectivity index (χ4v) is 9.22. The van der Waals surface area contributed by atoms with Gasteiger partial charge in [0, 0.05) is 36.3 Å². The van der Waals surface area contributed by atoms with Crippen LogP contribution >= 0.6 is 27.7 Å². The first-order valence-electron chi connectivity index (χ1n) is 12.3. The Balaban J connectivity index is 1.94. The number of carbonyl (C=O) groups excluding carboxylic acids is 3. The number of alkyl halides is 1. The highest BCUT2D eigenvalue weighted by atomic mass is 79.9. The molecule has 3 rings (SSSR count). The molecule has 6 atom stereocenters. The van der Waals surface area contributed by atoms with Gasteiger partial charge in [-0.2, -0.15) is 0 Å². The van der Waals surface area contributed by atoms with Crippen molar-refractivity contribution >= 4 is 45.5 Å². The number of carbonyl (C=O) groups is 3. The molecule has 0 aromatic carbocycles. The molecule has 190 valence electrons. The standard InChI is InChI=1S/C25H37BrN2O5S/c1-4-7-9-15-33-24(32)18-19-22(30)28(13-10-14-29)21(25(19)16-17(26)20(18)34-25)23(31)27(11-6-3)12-8-5-2/h4,6,17-21,29H,1,3,5,7-16H2,2H3/t17?,18-,19+,20-,21?,25?/m1/s1. The molecule has 2 bridgehead atoms. The van der Waals surface area contributed by atoms with Crippen LogP contribution in [0.15, 0.2) is 25.3 Å². The topological polar surface area (TPSA) is 87.2 Å². The number of amides is 2. The number of hydrogen-bond donors (Lipinski definition) is 1. The van der Waals surface area contributed by atoms with Gasteiger partial charge in [-0.3, -0.25) is 14.4 Å². The summed E-state index contributed by atoms with van der Waals surface area (Å²) in [4.78, 5) is 44.4. The zero-order chi connectivity index (χ0) is 24.9. The van der Waals surface area contributed by atoms with E-state index in [0.29, 0.717) is 45.5 Å². The molecule has 0 aromatic rings. The fourth-order valence-electron chi connectivity index (χ4n) is 5.63. The SMILES string of the molecule is C=CCCCOC(=O)[C@H]1[C@@H]2SC3(CC2Br)C(C(=O)N(CC=C)CCCC)N(CCCO)C(=O)[C@H]13. The fraction of sp³-hybridized carbons (Fsp3) is 0.720. The lowest BCUT2D eigenvalue weighted by molar-refractivity contribution is -0.154. The zero-order valence-corrected chi connectivity index (χ0v) is 22.4. The highest BCUT2D eigenvalue weighted by Crippen LogP contribution is 2.68. The Labute approximate surface area is 215 Å². The average molecular weight is 558 g/mol. The number of hydrogen-bond acceptors (Lipinski definition) is 6. The number of aliphatic hydroxyl groups excluding tert-OH is 1. The third-order valence-electron chi connectivity index (χ3n) is 7.09. The molecule has 9 heteroatoms. The number of allylic oxidation sites excluding steroid dienone is 1. The van der Waals surface area contributed by atoms with Crippen molar-refractivity contribution in [3.05, 3.63) is 25.3 Å². The summed E-state index contributed by atoms with van der Waals surface area (Å²) in [5.74, 6) is -1.78. The van der Waals surface area contributed by atoms with Crippen molar-refractivity contribution in [2.75, 3.05) is 32.8 Å². The molecule has 0 saturated carbocycles. The van der Waals surface area contributed by atoms with E-state index >= 15 is 0 Å². The van der Waals surface area contributed by atoms with E-state index in [-0.39, 0.29) is 34.5 Å². The van der Waals surface area contributed by atoms with E-state index in [9.17, 15) is 19.5 Å². The van der Waals surface area contributed by atoms with E-state index < -0.39 is 22.6 Å². The maximum Gasteiger partial charge on any atom is 0.310 e. The largest absolute Gasteiger partial charge is 0.465 e. The van der Waals surface area contributed by atoms with Gasteiger partial charge in [0.05, 0.1) is 23.2 Å². The summed E-state index contributed by atoms with van der Waals surface area (Å²) in [6.07, 6.45) is 7.79. The van der Waals surface area contributed by atoms with Crippen molar-refractivity contribution in [1.82, 2.24) is 9.80 Å². The van der Waals surface area contributed by atoms with Crippen molar-refractivity contribution in [1.29, 1.82) is 0 Å². The lowest BCUT2D eigenvalue weighted by atomic mass is 9.71. The average Bonchev–Trinajstić information content (AvgIpc) is 3.41. The van der Waals surface area contributed by atoms with E-state index in [1.165, 1.54) is 0 Å². The Morgan fingerprint density at radius 1 is 1.32 bits per heavy atom. The second-order valence-electron chi connectivity index (χ2n) is 9.30. The summed E-state index contributed by atoms with van der Waals surface area (Å²) in [5.41, 5.74) is 0. The number of esters is 1. The van der Waals surface area contributed by atoms with Gasteiger partial charge in [-0.1, -0.05) is 41.4 Å². The molecule has 2 amide bonds. The molecule has 3 aliphatic rings. The second-order valence-corrected chi connectivity index (χ2v) is 12.0. The van der Waals surface area contributed by atoms with Crippen LogP contribution in [0.25, 0.3) is 0 Å². The molecule has 3 fully saturated rings. The quantitative estimate of drug-likeness (QED) is 0.153. The lowest BCUT2D eigenvalue weighted by Gasteiger charge is -2.37. The predicted octanol–water partition coefficient (Wildman–Crippen LogP) is 3.16. The van der Waals surface area contributed by atoms with Crippen LogP contribution in [-0.2, 0) is 19.1 Å². The van der Waals surface area contributed by atoms with Gasteiger partial charge in [-0.05, 0) is 32.1 Å². The molecular formula is C25H37BrN2O5S. The zero-order valence-electron chi connectivity index (χ0n) is 20.0. The van der Waals surface area contributed by atoms with Crippen molar-refractivity contribution in [3.8, 4) is 0 Å². The number of nitrogens with zero attached hydrogens (tertiary/aromatic N) is 2. The maximum absolute atomic E-state index is 14.0. The van der Waals surface area contributed by atoms with E-state index in [2.05, 4.69) is 36.0 Å². The van der Waals surface area contributed by atoms with E-state index in [1.807, 2.05) is 0 Å². The minimum absolute atomic E-state index is 0.0175. The number of ether oxygens (including phenoxy) is 1. The summed E-state index contributed by atoms with van der Waals surface area (Å²) >= 11 is 5.37. The molecule has 3 heterocycles. The number of rotatable bonds is 14.